The van der Waals surface area contributed by atoms with E-state index in [0.717, 1.165) is 12.8 Å². The van der Waals surface area contributed by atoms with Gasteiger partial charge in [-0.15, -0.1) is 0 Å². The van der Waals surface area contributed by atoms with Crippen LogP contribution in [0, 0.1) is 29.6 Å². The van der Waals surface area contributed by atoms with Crippen LogP contribution in [-0.4, -0.2) is 50.1 Å². The predicted molar refractivity (Wildman–Crippen MR) is 99.1 cm³/mol. The Hall–Kier alpha value is -0.200. The molecule has 2 saturated heterocycles. The van der Waals surface area contributed by atoms with E-state index in [1.807, 2.05) is 7.05 Å². The van der Waals surface area contributed by atoms with Gasteiger partial charge in [-0.3, -0.25) is 0 Å². The van der Waals surface area contributed by atoms with Gasteiger partial charge in [0.15, 0.2) is 12.6 Å². The molecule has 0 aromatic rings. The third-order valence-electron chi connectivity index (χ3n) is 6.17. The van der Waals surface area contributed by atoms with Gasteiger partial charge >= 0.3 is 0 Å². The number of aliphatic hydroxyl groups is 1. The Morgan fingerprint density at radius 1 is 1.20 bits per heavy atom. The molecule has 0 saturated carbocycles. The summed E-state index contributed by atoms with van der Waals surface area (Å²) in [5.74, 6) is 2.49. The number of aliphatic hydroxyl groups excluding tert-OH is 1. The van der Waals surface area contributed by atoms with Crippen molar-refractivity contribution >= 4 is 0 Å². The number of likely N-dealkylation sites (N-methyl/N-ethyl adjacent to an activating group) is 1. The fourth-order valence-corrected chi connectivity index (χ4v) is 4.77. The van der Waals surface area contributed by atoms with E-state index < -0.39 is 6.10 Å². The molecule has 5 heteroatoms. The van der Waals surface area contributed by atoms with Crippen LogP contribution >= 0.6 is 0 Å². The Kier molecular flexibility index (Phi) is 8.15. The van der Waals surface area contributed by atoms with Crippen LogP contribution in [0.5, 0.6) is 0 Å². The van der Waals surface area contributed by atoms with Crippen LogP contribution in [0.3, 0.4) is 0 Å². The largest absolute Gasteiger partial charge is 0.389 e. The molecule has 148 valence electrons. The van der Waals surface area contributed by atoms with Crippen molar-refractivity contribution in [1.29, 1.82) is 0 Å². The summed E-state index contributed by atoms with van der Waals surface area (Å²) in [4.78, 5) is 0. The third-order valence-corrected chi connectivity index (χ3v) is 6.17. The van der Waals surface area contributed by atoms with E-state index in [4.69, 9.17) is 14.2 Å². The molecule has 2 fully saturated rings. The normalized spacial score (nSPS) is 40.6. The first kappa shape index (κ1) is 21.1. The highest BCUT2D eigenvalue weighted by Gasteiger charge is 2.49. The second-order valence-electron chi connectivity index (χ2n) is 8.36. The number of hydrogen-bond donors (Lipinski definition) is 2. The highest BCUT2D eigenvalue weighted by molar-refractivity contribution is 4.90. The van der Waals surface area contributed by atoms with Crippen molar-refractivity contribution in [2.75, 3.05) is 20.2 Å². The summed E-state index contributed by atoms with van der Waals surface area (Å²) in [6.45, 7) is 12.1. The van der Waals surface area contributed by atoms with Gasteiger partial charge in [0.2, 0.25) is 0 Å². The minimum absolute atomic E-state index is 0.197. The first-order valence-corrected chi connectivity index (χ1v) is 10.1. The van der Waals surface area contributed by atoms with E-state index in [2.05, 4.69) is 39.9 Å². The van der Waals surface area contributed by atoms with Crippen molar-refractivity contribution < 1.29 is 19.3 Å². The Morgan fingerprint density at radius 3 is 2.52 bits per heavy atom. The maximum atomic E-state index is 9.95. The summed E-state index contributed by atoms with van der Waals surface area (Å²) in [5.41, 5.74) is 0. The highest BCUT2D eigenvalue weighted by atomic mass is 16.8. The molecular weight excluding hydrogens is 318 g/mol. The number of fused-ring (bicyclic) bond motifs is 1. The molecule has 0 aromatic carbocycles. The number of ether oxygens (including phenoxy) is 3. The smallest absolute Gasteiger partial charge is 0.164 e. The maximum Gasteiger partial charge on any atom is 0.164 e. The summed E-state index contributed by atoms with van der Waals surface area (Å²) in [5, 5.41) is 12.9. The van der Waals surface area contributed by atoms with Gasteiger partial charge in [0, 0.05) is 18.4 Å². The molecule has 0 amide bonds. The molecule has 0 bridgehead atoms. The van der Waals surface area contributed by atoms with Crippen LogP contribution in [0.2, 0.25) is 0 Å². The van der Waals surface area contributed by atoms with Gasteiger partial charge in [0.25, 0.3) is 0 Å². The average Bonchev–Trinajstić information content (AvgIpc) is 2.71. The average molecular weight is 358 g/mol. The van der Waals surface area contributed by atoms with E-state index >= 15 is 0 Å². The van der Waals surface area contributed by atoms with Gasteiger partial charge in [-0.1, -0.05) is 34.1 Å². The zero-order valence-corrected chi connectivity index (χ0v) is 16.9. The molecule has 25 heavy (non-hydrogen) atoms. The lowest BCUT2D eigenvalue weighted by atomic mass is 9.67. The molecule has 2 aliphatic rings. The second-order valence-corrected chi connectivity index (χ2v) is 8.36. The van der Waals surface area contributed by atoms with Gasteiger partial charge < -0.3 is 24.6 Å². The maximum absolute atomic E-state index is 9.95. The number of hydrogen-bond acceptors (Lipinski definition) is 5. The standard InChI is InChI=1S/C20H39NO4/c1-7-16-14(5)19(23-11-15(22)10-21-6)25-20-18(16)17(12(2)3)9-8-13(4)24-20/h12-22H,7-11H2,1-6H3/t13-,14+,15?,16?,17?,18?,19-,20+/m0/s1. The van der Waals surface area contributed by atoms with Crippen LogP contribution in [0.1, 0.15) is 53.9 Å². The Morgan fingerprint density at radius 2 is 1.92 bits per heavy atom. The molecule has 0 spiro atoms. The molecule has 2 rings (SSSR count). The molecule has 2 aliphatic heterocycles. The topological polar surface area (TPSA) is 60.0 Å². The molecular formula is C20H39NO4. The van der Waals surface area contributed by atoms with E-state index in [1.165, 1.54) is 6.42 Å². The van der Waals surface area contributed by atoms with Crippen molar-refractivity contribution in [3.8, 4) is 0 Å². The van der Waals surface area contributed by atoms with Crippen molar-refractivity contribution in [2.24, 2.45) is 29.6 Å². The molecule has 2 heterocycles. The molecule has 5 nitrogen and oxygen atoms in total. The number of rotatable bonds is 7. The summed E-state index contributed by atoms with van der Waals surface area (Å²) in [6, 6.07) is 0. The Labute approximate surface area is 153 Å². The summed E-state index contributed by atoms with van der Waals surface area (Å²) in [6.07, 6.45) is 2.60. The van der Waals surface area contributed by atoms with Crippen LogP contribution in [0.4, 0.5) is 0 Å². The minimum atomic E-state index is -0.518. The molecule has 8 atom stereocenters. The van der Waals surface area contributed by atoms with Gasteiger partial charge in [-0.25, -0.2) is 0 Å². The molecule has 4 unspecified atom stereocenters. The van der Waals surface area contributed by atoms with Crippen molar-refractivity contribution in [2.45, 2.75) is 78.7 Å². The number of nitrogens with one attached hydrogen (secondary N) is 1. The molecule has 0 aliphatic carbocycles. The zero-order valence-electron chi connectivity index (χ0n) is 16.9. The predicted octanol–water partition coefficient (Wildman–Crippen LogP) is 3.02. The van der Waals surface area contributed by atoms with Crippen LogP contribution in [-0.2, 0) is 14.2 Å². The van der Waals surface area contributed by atoms with Crippen molar-refractivity contribution in [3.63, 3.8) is 0 Å². The summed E-state index contributed by atoms with van der Waals surface area (Å²) < 4.78 is 18.6. The van der Waals surface area contributed by atoms with Gasteiger partial charge in [-0.05, 0) is 44.6 Å². The first-order valence-electron chi connectivity index (χ1n) is 10.1. The van der Waals surface area contributed by atoms with E-state index in [9.17, 15) is 5.11 Å². The van der Waals surface area contributed by atoms with E-state index in [0.29, 0.717) is 36.1 Å². The lowest BCUT2D eigenvalue weighted by Crippen LogP contribution is -2.52. The SMILES string of the molecule is CCC1C2C(C(C)C)CC[C@H](C)O[C@@H]2O[C@H](OCC(O)CNC)[C@@H]1C. The first-order chi connectivity index (χ1) is 11.9. The lowest BCUT2D eigenvalue weighted by Gasteiger charge is -2.48. The molecule has 0 aromatic heterocycles. The van der Waals surface area contributed by atoms with Gasteiger partial charge in [-0.2, -0.15) is 0 Å². The Balaban J connectivity index is 2.14. The van der Waals surface area contributed by atoms with Crippen LogP contribution in [0.25, 0.3) is 0 Å². The highest BCUT2D eigenvalue weighted by Crippen LogP contribution is 2.47. The van der Waals surface area contributed by atoms with Crippen molar-refractivity contribution in [1.82, 2.24) is 5.32 Å². The monoisotopic (exact) mass is 357 g/mol. The second kappa shape index (κ2) is 9.65. The summed E-state index contributed by atoms with van der Waals surface area (Å²) in [7, 11) is 1.83. The zero-order chi connectivity index (χ0) is 18.6. The summed E-state index contributed by atoms with van der Waals surface area (Å²) >= 11 is 0. The van der Waals surface area contributed by atoms with E-state index in [1.54, 1.807) is 0 Å². The molecule has 2 N–H and O–H groups in total. The third kappa shape index (κ3) is 5.16. The molecule has 0 radical (unpaired) electrons. The van der Waals surface area contributed by atoms with Crippen LogP contribution in [0.15, 0.2) is 0 Å². The quantitative estimate of drug-likeness (QED) is 0.733. The Bertz CT molecular complexity index is 392. The minimum Gasteiger partial charge on any atom is -0.389 e. The van der Waals surface area contributed by atoms with Gasteiger partial charge in [0.1, 0.15) is 0 Å². The fourth-order valence-electron chi connectivity index (χ4n) is 4.77. The van der Waals surface area contributed by atoms with Crippen LogP contribution < -0.4 is 5.32 Å². The van der Waals surface area contributed by atoms with Gasteiger partial charge in [0.05, 0.1) is 18.8 Å². The van der Waals surface area contributed by atoms with Crippen molar-refractivity contribution in [3.05, 3.63) is 0 Å². The van der Waals surface area contributed by atoms with E-state index in [-0.39, 0.29) is 25.3 Å². The fraction of sp³-hybridized carbons (Fsp3) is 1.00. The lowest BCUT2D eigenvalue weighted by molar-refractivity contribution is -0.332.